The van der Waals surface area contributed by atoms with Crippen LogP contribution in [0.4, 0.5) is 61.7 Å². The molecule has 0 aliphatic rings. The van der Waals surface area contributed by atoms with Crippen molar-refractivity contribution in [3.63, 3.8) is 0 Å². The number of fused-ring (bicyclic) bond motifs is 2. The summed E-state index contributed by atoms with van der Waals surface area (Å²) in [6.07, 6.45) is 0. The van der Waals surface area contributed by atoms with Crippen LogP contribution >= 0.6 is 0 Å². The molecule has 0 spiro atoms. The quantitative estimate of drug-likeness (QED) is 0.0368. The number of aromatic hydroxyl groups is 2. The zero-order chi connectivity index (χ0) is 59.9. The molecule has 0 saturated carbocycles. The topological polar surface area (TPSA) is 507 Å². The van der Waals surface area contributed by atoms with Gasteiger partial charge in [0.25, 0.3) is 60.7 Å². The maximum Gasteiger partial charge on any atom is 1.00 e. The van der Waals surface area contributed by atoms with Gasteiger partial charge in [0.05, 0.1) is 32.5 Å². The van der Waals surface area contributed by atoms with E-state index in [-0.39, 0.29) is 137 Å². The SMILES string of the molecule is O=C(Nc1ccc2c(O)c(N=Nc3ccc(N=Nc4ccc(S(=O)(=O)O)cc4)cc3S(=O)(=O)O)c(S(=O)(=O)O)cc2c1)Nc1ccc2c(O)c(N=Nc3ccc(N=Nc4ccc(S(=O)(=O)O)cc4)cc3S(=O)(=O)O)c(S(=O)(=O)O)cc2c1.[K+].[Na+]. The minimum Gasteiger partial charge on any atom is -0.505 e. The Kier molecular flexibility index (Phi) is 20.4. The van der Waals surface area contributed by atoms with E-state index < -0.39 is 130 Å². The van der Waals surface area contributed by atoms with Crippen LogP contribution in [-0.2, 0) is 60.7 Å². The summed E-state index contributed by atoms with van der Waals surface area (Å²) in [4.78, 5) is 8.37. The molecule has 10 N–H and O–H groups in total. The molecule has 2 amide bonds. The number of amides is 2. The van der Waals surface area contributed by atoms with Crippen LogP contribution in [0, 0.1) is 0 Å². The van der Waals surface area contributed by atoms with E-state index >= 15 is 0 Å². The number of urea groups is 1. The fraction of sp³-hybridized carbons (Fsp3) is 0. The number of carbonyl (C=O) groups is 1. The number of azo groups is 4. The van der Waals surface area contributed by atoms with Gasteiger partial charge in [0.1, 0.15) is 42.3 Å². The summed E-state index contributed by atoms with van der Waals surface area (Å²) in [5.74, 6) is -1.86. The fourth-order valence-corrected chi connectivity index (χ4v) is 10.8. The standard InChI is InChI=1S/C45H32N10O21S6.K.Na/c56-43-33-13-5-27(17-23(33)19-39(81(71,72)73)41(43)54-52-35-15-7-29(21-37(35)79(65,66)67)50-48-25-1-9-31(10-2-25)77(59,60)61)46-45(58)47-28-6-14-34-24(18-28)20-40(82(74,75)76)42(44(34)57)55-53-36-16-8-30(22-38(36)80(68,69)70)51-49-26-3-11-32(12-4-26)78(62,63)64;;/h1-22,56-57H,(H2,46,47,58)(H,59,60,61)(H,62,63,64)(H,65,66,67)(H,68,69,70)(H,71,72,73)(H,74,75,76);;/q;2*+1. The van der Waals surface area contributed by atoms with Crippen LogP contribution in [0.5, 0.6) is 11.5 Å². The largest absolute Gasteiger partial charge is 1.00 e. The Labute approximate surface area is 538 Å². The molecule has 0 aromatic heterocycles. The van der Waals surface area contributed by atoms with Gasteiger partial charge in [-0.2, -0.15) is 71.0 Å². The van der Waals surface area contributed by atoms with Gasteiger partial charge in [-0.05, 0) is 144 Å². The second-order valence-electron chi connectivity index (χ2n) is 16.5. The zero-order valence-electron chi connectivity index (χ0n) is 42.1. The third-order valence-corrected chi connectivity index (χ3v) is 16.2. The predicted octanol–water partition coefficient (Wildman–Crippen LogP) is 4.20. The number of hydrogen-bond acceptors (Lipinski definition) is 23. The van der Waals surface area contributed by atoms with Crippen molar-refractivity contribution < 1.29 is 174 Å². The molecule has 39 heteroatoms. The van der Waals surface area contributed by atoms with Crippen molar-refractivity contribution in [3.8, 4) is 11.5 Å². The Morgan fingerprint density at radius 3 is 0.964 bits per heavy atom. The van der Waals surface area contributed by atoms with Crippen molar-refractivity contribution in [3.05, 3.63) is 133 Å². The Morgan fingerprint density at radius 1 is 0.345 bits per heavy atom. The summed E-state index contributed by atoms with van der Waals surface area (Å²) in [6, 6.07) is 22.1. The molecular weight excluding hydrogens is 1270 g/mol. The van der Waals surface area contributed by atoms with Gasteiger partial charge in [0, 0.05) is 22.1 Å². The third-order valence-electron chi connectivity index (χ3n) is 11.0. The van der Waals surface area contributed by atoms with Crippen molar-refractivity contribution in [2.24, 2.45) is 40.9 Å². The number of phenolic OH excluding ortho intramolecular Hbond substituents is 2. The van der Waals surface area contributed by atoms with Gasteiger partial charge in [-0.3, -0.25) is 27.3 Å². The van der Waals surface area contributed by atoms with E-state index in [1.807, 2.05) is 0 Å². The van der Waals surface area contributed by atoms with Gasteiger partial charge in [-0.15, -0.1) is 20.5 Å². The summed E-state index contributed by atoms with van der Waals surface area (Å²) >= 11 is 0. The molecule has 0 saturated heterocycles. The Hall–Kier alpha value is -6.35. The molecule has 84 heavy (non-hydrogen) atoms. The van der Waals surface area contributed by atoms with Gasteiger partial charge in [0.15, 0.2) is 11.5 Å². The first kappa shape index (κ1) is 66.8. The number of nitrogens with one attached hydrogen (secondary N) is 2. The van der Waals surface area contributed by atoms with E-state index in [1.54, 1.807) is 0 Å². The molecular formula is C45H32KN10NaO21S6+2. The van der Waals surface area contributed by atoms with Crippen LogP contribution in [-0.4, -0.2) is 94.1 Å². The first-order valence-corrected chi connectivity index (χ1v) is 30.5. The molecule has 0 fully saturated rings. The second-order valence-corrected chi connectivity index (χ2v) is 24.9. The molecule has 8 aromatic rings. The minimum atomic E-state index is -5.28. The molecule has 0 aliphatic carbocycles. The van der Waals surface area contributed by atoms with Crippen LogP contribution in [0.3, 0.4) is 0 Å². The number of phenols is 2. The summed E-state index contributed by atoms with van der Waals surface area (Å²) in [7, 11) is -29.9. The monoisotopic (exact) mass is 1300 g/mol. The van der Waals surface area contributed by atoms with Crippen molar-refractivity contribution in [2.75, 3.05) is 10.6 Å². The molecule has 8 rings (SSSR count). The Morgan fingerprint density at radius 2 is 0.655 bits per heavy atom. The summed E-state index contributed by atoms with van der Waals surface area (Å²) < 4.78 is 204. The van der Waals surface area contributed by atoms with Crippen molar-refractivity contribution >= 4 is 145 Å². The first-order chi connectivity index (χ1) is 38.1. The molecule has 31 nitrogen and oxygen atoms in total. The van der Waals surface area contributed by atoms with Gasteiger partial charge in [0.2, 0.25) is 0 Å². The van der Waals surface area contributed by atoms with Crippen LogP contribution in [0.25, 0.3) is 21.5 Å². The number of hydrogen-bond donors (Lipinski definition) is 10. The number of nitrogens with zero attached hydrogens (tertiary/aromatic N) is 8. The third kappa shape index (κ3) is 16.1. The fourth-order valence-electron chi connectivity index (χ4n) is 7.26. The van der Waals surface area contributed by atoms with Crippen molar-refractivity contribution in [1.82, 2.24) is 0 Å². The molecule has 0 bridgehead atoms. The van der Waals surface area contributed by atoms with E-state index in [0.717, 1.165) is 109 Å². The molecule has 0 unspecified atom stereocenters. The summed E-state index contributed by atoms with van der Waals surface area (Å²) in [5.41, 5.74) is -3.53. The first-order valence-electron chi connectivity index (χ1n) is 21.8. The van der Waals surface area contributed by atoms with Crippen LogP contribution in [0.2, 0.25) is 0 Å². The average molecular weight is 1300 g/mol. The summed E-state index contributed by atoms with van der Waals surface area (Å²) in [5, 5.41) is 56.7. The molecule has 8 aromatic carbocycles. The second kappa shape index (κ2) is 25.7. The van der Waals surface area contributed by atoms with E-state index in [9.17, 15) is 83.7 Å². The van der Waals surface area contributed by atoms with E-state index in [0.29, 0.717) is 0 Å². The van der Waals surface area contributed by atoms with Crippen molar-refractivity contribution in [2.45, 2.75) is 29.4 Å². The molecule has 0 aliphatic heterocycles. The Balaban J connectivity index is 0.00000566. The van der Waals surface area contributed by atoms with Crippen LogP contribution in [0.1, 0.15) is 0 Å². The van der Waals surface area contributed by atoms with Gasteiger partial charge in [-0.1, -0.05) is 0 Å². The maximum absolute atomic E-state index is 13.3. The number of rotatable bonds is 16. The minimum absolute atomic E-state index is 0. The Bertz CT molecular complexity index is 4550. The van der Waals surface area contributed by atoms with Crippen LogP contribution in [0.15, 0.2) is 204 Å². The van der Waals surface area contributed by atoms with Crippen molar-refractivity contribution in [1.29, 1.82) is 0 Å². The number of anilines is 2. The van der Waals surface area contributed by atoms with E-state index in [2.05, 4.69) is 51.5 Å². The molecule has 0 heterocycles. The number of carbonyl (C=O) groups excluding carboxylic acids is 1. The molecule has 424 valence electrons. The smallest absolute Gasteiger partial charge is 0.505 e. The van der Waals surface area contributed by atoms with Gasteiger partial charge < -0.3 is 20.8 Å². The molecule has 0 atom stereocenters. The van der Waals surface area contributed by atoms with E-state index in [1.165, 1.54) is 24.3 Å². The molecule has 0 radical (unpaired) electrons. The maximum atomic E-state index is 13.3. The predicted molar refractivity (Wildman–Crippen MR) is 285 cm³/mol. The summed E-state index contributed by atoms with van der Waals surface area (Å²) in [6.45, 7) is 0. The average Bonchev–Trinajstić information content (AvgIpc) is 1.19. The number of benzene rings is 8. The van der Waals surface area contributed by atoms with Gasteiger partial charge in [-0.25, -0.2) is 4.79 Å². The van der Waals surface area contributed by atoms with E-state index in [4.69, 9.17) is 9.11 Å². The van der Waals surface area contributed by atoms with Gasteiger partial charge >= 0.3 is 87.0 Å². The zero-order valence-corrected chi connectivity index (χ0v) is 52.1. The van der Waals surface area contributed by atoms with Crippen LogP contribution < -0.4 is 91.6 Å². The normalized spacial score (nSPS) is 12.7.